The maximum atomic E-state index is 6.25. The Morgan fingerprint density at radius 3 is 2.44 bits per heavy atom. The van der Waals surface area contributed by atoms with E-state index in [4.69, 9.17) is 16.6 Å². The summed E-state index contributed by atoms with van der Waals surface area (Å²) >= 11 is 6.25. The van der Waals surface area contributed by atoms with Crippen molar-refractivity contribution in [1.82, 2.24) is 9.97 Å². The molecule has 1 heterocycles. The van der Waals surface area contributed by atoms with Crippen LogP contribution in [0.25, 0.3) is 0 Å². The van der Waals surface area contributed by atoms with Gasteiger partial charge in [0.25, 0.3) is 0 Å². The van der Waals surface area contributed by atoms with Gasteiger partial charge in [-0.2, -0.15) is 0 Å². The highest BCUT2D eigenvalue weighted by Crippen LogP contribution is 2.40. The summed E-state index contributed by atoms with van der Waals surface area (Å²) in [5.74, 6) is 2.42. The monoisotopic (exact) mass is 267 g/mol. The van der Waals surface area contributed by atoms with Crippen LogP contribution in [-0.2, 0) is 0 Å². The zero-order valence-corrected chi connectivity index (χ0v) is 12.7. The van der Waals surface area contributed by atoms with Crippen LogP contribution in [0.1, 0.15) is 57.3 Å². The molecule has 1 fully saturated rings. The first-order chi connectivity index (χ1) is 8.36. The van der Waals surface area contributed by atoms with E-state index in [-0.39, 0.29) is 5.54 Å². The van der Waals surface area contributed by atoms with Crippen molar-refractivity contribution in [2.75, 3.05) is 11.9 Å². The lowest BCUT2D eigenvalue weighted by Crippen LogP contribution is -2.41. The van der Waals surface area contributed by atoms with Gasteiger partial charge in [0, 0.05) is 24.1 Å². The molecule has 0 amide bonds. The fraction of sp³-hybridized carbons (Fsp3) is 0.714. The molecule has 1 aromatic heterocycles. The van der Waals surface area contributed by atoms with Gasteiger partial charge in [-0.05, 0) is 40.0 Å². The Bertz CT molecular complexity index is 453. The Morgan fingerprint density at radius 1 is 1.33 bits per heavy atom. The first-order valence-electron chi connectivity index (χ1n) is 6.64. The maximum Gasteiger partial charge on any atom is 0.137 e. The summed E-state index contributed by atoms with van der Waals surface area (Å²) in [6.45, 7) is 8.63. The van der Waals surface area contributed by atoms with Crippen LogP contribution in [0.2, 0.25) is 5.15 Å². The Hall–Kier alpha value is -0.830. The third kappa shape index (κ3) is 2.46. The van der Waals surface area contributed by atoms with Gasteiger partial charge in [0.1, 0.15) is 16.8 Å². The number of hydrogen-bond donors (Lipinski definition) is 0. The largest absolute Gasteiger partial charge is 0.354 e. The number of nitrogens with zero attached hydrogens (tertiary/aromatic N) is 3. The molecule has 2 rings (SSSR count). The van der Waals surface area contributed by atoms with E-state index in [0.29, 0.717) is 11.1 Å². The summed E-state index contributed by atoms with van der Waals surface area (Å²) in [5.41, 5.74) is 1.05. The van der Waals surface area contributed by atoms with Gasteiger partial charge in [-0.25, -0.2) is 9.97 Å². The Labute approximate surface area is 115 Å². The minimum atomic E-state index is 0.0727. The van der Waals surface area contributed by atoms with Gasteiger partial charge in [0.15, 0.2) is 0 Å². The summed E-state index contributed by atoms with van der Waals surface area (Å²) in [6.07, 6.45) is 3.45. The zero-order chi connectivity index (χ0) is 13.5. The van der Waals surface area contributed by atoms with Crippen LogP contribution in [0.3, 0.4) is 0 Å². The van der Waals surface area contributed by atoms with Crippen LogP contribution in [-0.4, -0.2) is 22.6 Å². The molecule has 18 heavy (non-hydrogen) atoms. The van der Waals surface area contributed by atoms with E-state index >= 15 is 0 Å². The van der Waals surface area contributed by atoms with Crippen molar-refractivity contribution in [3.8, 4) is 0 Å². The summed E-state index contributed by atoms with van der Waals surface area (Å²) in [5, 5.41) is 0.598. The first kappa shape index (κ1) is 13.6. The molecule has 3 nitrogen and oxygen atoms in total. The SMILES string of the molecule is CCC(C)(C)N(C)c1nc(C2CC2)nc(Cl)c1C. The molecule has 1 aliphatic rings. The van der Waals surface area contributed by atoms with Gasteiger partial charge < -0.3 is 4.90 Å². The van der Waals surface area contributed by atoms with Gasteiger partial charge in [0.2, 0.25) is 0 Å². The van der Waals surface area contributed by atoms with Crippen molar-refractivity contribution in [3.63, 3.8) is 0 Å². The van der Waals surface area contributed by atoms with Crippen LogP contribution in [0.5, 0.6) is 0 Å². The van der Waals surface area contributed by atoms with E-state index in [1.54, 1.807) is 0 Å². The second kappa shape index (κ2) is 4.69. The zero-order valence-electron chi connectivity index (χ0n) is 11.9. The van der Waals surface area contributed by atoms with Gasteiger partial charge in [-0.15, -0.1) is 0 Å². The number of rotatable bonds is 4. The van der Waals surface area contributed by atoms with Crippen molar-refractivity contribution in [2.24, 2.45) is 0 Å². The molecule has 0 N–H and O–H groups in total. The summed E-state index contributed by atoms with van der Waals surface area (Å²) < 4.78 is 0. The van der Waals surface area contributed by atoms with E-state index in [9.17, 15) is 0 Å². The van der Waals surface area contributed by atoms with Crippen LogP contribution in [0.15, 0.2) is 0 Å². The molecule has 0 radical (unpaired) electrons. The van der Waals surface area contributed by atoms with Gasteiger partial charge in [0.05, 0.1) is 0 Å². The van der Waals surface area contributed by atoms with Crippen LogP contribution >= 0.6 is 11.6 Å². The molecule has 0 aromatic carbocycles. The second-order valence-corrected chi connectivity index (χ2v) is 6.18. The molecule has 0 atom stereocenters. The van der Waals surface area contributed by atoms with Gasteiger partial charge in [-0.1, -0.05) is 18.5 Å². The van der Waals surface area contributed by atoms with Crippen molar-refractivity contribution >= 4 is 17.4 Å². The quantitative estimate of drug-likeness (QED) is 0.774. The summed E-state index contributed by atoms with van der Waals surface area (Å²) in [4.78, 5) is 11.4. The van der Waals surface area contributed by atoms with Crippen molar-refractivity contribution < 1.29 is 0 Å². The normalized spacial score (nSPS) is 15.9. The third-order valence-corrected chi connectivity index (χ3v) is 4.48. The Morgan fingerprint density at radius 2 is 1.94 bits per heavy atom. The molecule has 0 spiro atoms. The molecule has 1 aromatic rings. The van der Waals surface area contributed by atoms with Crippen LogP contribution < -0.4 is 4.90 Å². The molecule has 0 saturated heterocycles. The topological polar surface area (TPSA) is 29.0 Å². The Kier molecular flexibility index (Phi) is 3.54. The predicted octanol–water partition coefficient (Wildman–Crippen LogP) is 3.94. The molecule has 0 unspecified atom stereocenters. The molecule has 100 valence electrons. The van der Waals surface area contributed by atoms with Crippen LogP contribution in [0, 0.1) is 6.92 Å². The minimum Gasteiger partial charge on any atom is -0.354 e. The molecule has 1 saturated carbocycles. The van der Waals surface area contributed by atoms with Gasteiger partial charge in [-0.3, -0.25) is 0 Å². The molecular weight excluding hydrogens is 246 g/mol. The highest BCUT2D eigenvalue weighted by Gasteiger charge is 2.30. The van der Waals surface area contributed by atoms with Crippen LogP contribution in [0.4, 0.5) is 5.82 Å². The lowest BCUT2D eigenvalue weighted by atomic mass is 9.99. The van der Waals surface area contributed by atoms with Gasteiger partial charge >= 0.3 is 0 Å². The van der Waals surface area contributed by atoms with E-state index in [0.717, 1.165) is 23.6 Å². The highest BCUT2D eigenvalue weighted by molar-refractivity contribution is 6.30. The lowest BCUT2D eigenvalue weighted by molar-refractivity contribution is 0.465. The minimum absolute atomic E-state index is 0.0727. The fourth-order valence-corrected chi connectivity index (χ4v) is 2.04. The molecule has 0 bridgehead atoms. The van der Waals surface area contributed by atoms with E-state index in [2.05, 4.69) is 37.7 Å². The van der Waals surface area contributed by atoms with E-state index in [1.165, 1.54) is 12.8 Å². The van der Waals surface area contributed by atoms with Crippen molar-refractivity contribution in [2.45, 2.75) is 58.4 Å². The van der Waals surface area contributed by atoms with E-state index < -0.39 is 0 Å². The number of anilines is 1. The number of hydrogen-bond acceptors (Lipinski definition) is 3. The highest BCUT2D eigenvalue weighted by atomic mass is 35.5. The first-order valence-corrected chi connectivity index (χ1v) is 7.02. The molecule has 0 aliphatic heterocycles. The standard InChI is InChI=1S/C14H22ClN3/c1-6-14(3,4)18(5)13-9(2)11(15)16-12(17-13)10-7-8-10/h10H,6-8H2,1-5H3. The van der Waals surface area contributed by atoms with Crippen molar-refractivity contribution in [1.29, 1.82) is 0 Å². The molecular formula is C14H22ClN3. The molecule has 4 heteroatoms. The fourth-order valence-electron chi connectivity index (χ4n) is 1.87. The maximum absolute atomic E-state index is 6.25. The van der Waals surface area contributed by atoms with Crippen molar-refractivity contribution in [3.05, 3.63) is 16.5 Å². The lowest BCUT2D eigenvalue weighted by Gasteiger charge is -2.36. The van der Waals surface area contributed by atoms with E-state index in [1.807, 2.05) is 6.92 Å². The molecule has 1 aliphatic carbocycles. The average Bonchev–Trinajstić information content (AvgIpc) is 3.15. The number of aromatic nitrogens is 2. The predicted molar refractivity (Wildman–Crippen MR) is 76.5 cm³/mol. The third-order valence-electron chi connectivity index (χ3n) is 4.11. The second-order valence-electron chi connectivity index (χ2n) is 5.82. The number of halogens is 1. The Balaban J connectivity index is 2.42. The summed E-state index contributed by atoms with van der Waals surface area (Å²) in [7, 11) is 2.09. The summed E-state index contributed by atoms with van der Waals surface area (Å²) in [6, 6.07) is 0. The average molecular weight is 268 g/mol. The smallest absolute Gasteiger partial charge is 0.137 e.